The van der Waals surface area contributed by atoms with Crippen molar-refractivity contribution in [3.8, 4) is 0 Å². The monoisotopic (exact) mass is 287 g/mol. The molecule has 1 saturated heterocycles. The number of primary sulfonamides is 1. The third kappa shape index (κ3) is 4.57. The van der Waals surface area contributed by atoms with Crippen LogP contribution in [0.1, 0.15) is 5.69 Å². The van der Waals surface area contributed by atoms with E-state index in [2.05, 4.69) is 14.8 Å². The highest BCUT2D eigenvalue weighted by molar-refractivity contribution is 7.89. The summed E-state index contributed by atoms with van der Waals surface area (Å²) in [7, 11) is -1.36. The molecule has 1 aliphatic rings. The third-order valence-corrected chi connectivity index (χ3v) is 4.21. The van der Waals surface area contributed by atoms with Crippen molar-refractivity contribution in [1.82, 2.24) is 19.4 Å². The average molecular weight is 287 g/mol. The summed E-state index contributed by atoms with van der Waals surface area (Å²) in [5.74, 6) is 0.0364. The predicted octanol–water partition coefficient (Wildman–Crippen LogP) is -1.17. The largest absolute Gasteiger partial charge is 0.337 e. The molecule has 1 aliphatic heterocycles. The second-order valence-corrected chi connectivity index (χ2v) is 6.71. The van der Waals surface area contributed by atoms with E-state index in [1.54, 1.807) is 6.33 Å². The first-order chi connectivity index (χ1) is 8.94. The highest BCUT2D eigenvalue weighted by Crippen LogP contribution is 2.07. The molecule has 8 heteroatoms. The minimum atomic E-state index is -3.35. The van der Waals surface area contributed by atoms with Gasteiger partial charge in [-0.25, -0.2) is 18.5 Å². The fourth-order valence-corrected chi connectivity index (χ4v) is 2.71. The molecular formula is C11H21N5O2S. The summed E-state index contributed by atoms with van der Waals surface area (Å²) >= 11 is 0. The van der Waals surface area contributed by atoms with Crippen LogP contribution in [-0.2, 0) is 23.6 Å². The summed E-state index contributed by atoms with van der Waals surface area (Å²) in [6.07, 6.45) is 3.69. The zero-order chi connectivity index (χ0) is 13.9. The fraction of sp³-hybridized carbons (Fsp3) is 0.727. The number of rotatable bonds is 5. The van der Waals surface area contributed by atoms with E-state index in [0.29, 0.717) is 6.54 Å². The Morgan fingerprint density at radius 1 is 1.26 bits per heavy atom. The molecule has 0 bridgehead atoms. The van der Waals surface area contributed by atoms with E-state index in [1.165, 1.54) is 5.69 Å². The number of imidazole rings is 1. The molecule has 19 heavy (non-hydrogen) atoms. The average Bonchev–Trinajstić information content (AvgIpc) is 2.73. The second kappa shape index (κ2) is 6.00. The molecule has 2 N–H and O–H groups in total. The molecule has 0 unspecified atom stereocenters. The lowest BCUT2D eigenvalue weighted by molar-refractivity contribution is 0.130. The molecule has 0 atom stereocenters. The van der Waals surface area contributed by atoms with Gasteiger partial charge in [0.2, 0.25) is 10.0 Å². The zero-order valence-corrected chi connectivity index (χ0v) is 12.0. The van der Waals surface area contributed by atoms with Crippen LogP contribution in [0.5, 0.6) is 0 Å². The lowest BCUT2D eigenvalue weighted by atomic mass is 10.3. The lowest BCUT2D eigenvalue weighted by Crippen LogP contribution is -2.47. The van der Waals surface area contributed by atoms with Crippen LogP contribution in [0.15, 0.2) is 12.5 Å². The van der Waals surface area contributed by atoms with Crippen molar-refractivity contribution >= 4 is 10.0 Å². The van der Waals surface area contributed by atoms with Gasteiger partial charge in [-0.1, -0.05) is 0 Å². The number of nitrogens with zero attached hydrogens (tertiary/aromatic N) is 4. The summed E-state index contributed by atoms with van der Waals surface area (Å²) in [4.78, 5) is 8.60. The summed E-state index contributed by atoms with van der Waals surface area (Å²) in [6.45, 7) is 5.06. The molecule has 0 radical (unpaired) electrons. The molecular weight excluding hydrogens is 266 g/mol. The van der Waals surface area contributed by atoms with Crippen LogP contribution in [0.3, 0.4) is 0 Å². The molecule has 0 amide bonds. The van der Waals surface area contributed by atoms with Crippen LogP contribution in [0.25, 0.3) is 0 Å². The highest BCUT2D eigenvalue weighted by atomic mass is 32.2. The molecule has 2 rings (SSSR count). The molecule has 0 aromatic carbocycles. The Morgan fingerprint density at radius 3 is 2.42 bits per heavy atom. The van der Waals surface area contributed by atoms with E-state index >= 15 is 0 Å². The minimum absolute atomic E-state index is 0.0364. The number of piperazine rings is 1. The van der Waals surface area contributed by atoms with Crippen molar-refractivity contribution in [1.29, 1.82) is 0 Å². The van der Waals surface area contributed by atoms with Gasteiger partial charge in [0.1, 0.15) is 0 Å². The first-order valence-electron chi connectivity index (χ1n) is 6.34. The van der Waals surface area contributed by atoms with Gasteiger partial charge in [0.25, 0.3) is 0 Å². The molecule has 7 nitrogen and oxygen atoms in total. The van der Waals surface area contributed by atoms with Crippen molar-refractivity contribution in [2.24, 2.45) is 12.2 Å². The number of aryl methyl sites for hydroxylation is 1. The predicted molar refractivity (Wildman–Crippen MR) is 72.9 cm³/mol. The lowest BCUT2D eigenvalue weighted by Gasteiger charge is -2.34. The molecule has 0 aliphatic carbocycles. The van der Waals surface area contributed by atoms with Gasteiger partial charge in [-0.05, 0) is 0 Å². The van der Waals surface area contributed by atoms with Gasteiger partial charge in [0.15, 0.2) is 0 Å². The molecule has 0 spiro atoms. The Balaban J connectivity index is 1.75. The van der Waals surface area contributed by atoms with Gasteiger partial charge in [-0.15, -0.1) is 0 Å². The van der Waals surface area contributed by atoms with Crippen LogP contribution in [-0.4, -0.2) is 66.2 Å². The summed E-state index contributed by atoms with van der Waals surface area (Å²) in [5.41, 5.74) is 1.19. The van der Waals surface area contributed by atoms with Gasteiger partial charge >= 0.3 is 0 Å². The fourth-order valence-electron chi connectivity index (χ4n) is 2.19. The number of hydrogen-bond donors (Lipinski definition) is 1. The maximum atomic E-state index is 10.9. The van der Waals surface area contributed by atoms with Crippen molar-refractivity contribution in [2.75, 3.05) is 38.5 Å². The number of sulfonamides is 1. The number of nitrogens with two attached hydrogens (primary N) is 1. The second-order valence-electron chi connectivity index (χ2n) is 4.98. The number of hydrogen-bond acceptors (Lipinski definition) is 5. The maximum absolute atomic E-state index is 10.9. The van der Waals surface area contributed by atoms with E-state index in [-0.39, 0.29) is 5.75 Å². The van der Waals surface area contributed by atoms with Gasteiger partial charge in [-0.2, -0.15) is 0 Å². The maximum Gasteiger partial charge on any atom is 0.210 e. The van der Waals surface area contributed by atoms with E-state index in [1.807, 2.05) is 17.8 Å². The smallest absolute Gasteiger partial charge is 0.210 e. The van der Waals surface area contributed by atoms with Gasteiger partial charge < -0.3 is 4.57 Å². The molecule has 108 valence electrons. The van der Waals surface area contributed by atoms with Crippen LogP contribution in [0.4, 0.5) is 0 Å². The van der Waals surface area contributed by atoms with Gasteiger partial charge in [-0.3, -0.25) is 9.80 Å². The topological polar surface area (TPSA) is 84.5 Å². The van der Waals surface area contributed by atoms with Crippen molar-refractivity contribution in [3.05, 3.63) is 18.2 Å². The summed E-state index contributed by atoms with van der Waals surface area (Å²) in [6, 6.07) is 0. The molecule has 1 aromatic heterocycles. The van der Waals surface area contributed by atoms with Gasteiger partial charge in [0, 0.05) is 52.5 Å². The Bertz CT molecular complexity index is 505. The third-order valence-electron chi connectivity index (χ3n) is 3.46. The minimum Gasteiger partial charge on any atom is -0.337 e. The first kappa shape index (κ1) is 14.4. The summed E-state index contributed by atoms with van der Waals surface area (Å²) < 4.78 is 23.9. The van der Waals surface area contributed by atoms with Gasteiger partial charge in [0.05, 0.1) is 17.8 Å². The van der Waals surface area contributed by atoms with Crippen molar-refractivity contribution < 1.29 is 8.42 Å². The SMILES string of the molecule is Cn1cncc1CN1CCN(CCS(N)(=O)=O)CC1. The van der Waals surface area contributed by atoms with Crippen LogP contribution >= 0.6 is 0 Å². The standard InChI is InChI=1S/C11H21N5O2S/c1-14-10-13-8-11(14)9-16-4-2-15(3-5-16)6-7-19(12,17)18/h8,10H,2-7,9H2,1H3,(H2,12,17,18). The van der Waals surface area contributed by atoms with E-state index in [9.17, 15) is 8.42 Å². The zero-order valence-electron chi connectivity index (χ0n) is 11.2. The van der Waals surface area contributed by atoms with E-state index < -0.39 is 10.0 Å². The normalized spacial score (nSPS) is 18.8. The molecule has 2 heterocycles. The molecule has 1 aromatic rings. The van der Waals surface area contributed by atoms with E-state index in [4.69, 9.17) is 5.14 Å². The van der Waals surface area contributed by atoms with Crippen LogP contribution < -0.4 is 5.14 Å². The number of aromatic nitrogens is 2. The Kier molecular flexibility index (Phi) is 4.56. The quantitative estimate of drug-likeness (QED) is 0.737. The van der Waals surface area contributed by atoms with E-state index in [0.717, 1.165) is 32.7 Å². The highest BCUT2D eigenvalue weighted by Gasteiger charge is 2.18. The molecule has 0 saturated carbocycles. The first-order valence-corrected chi connectivity index (χ1v) is 8.06. The van der Waals surface area contributed by atoms with Crippen molar-refractivity contribution in [3.63, 3.8) is 0 Å². The van der Waals surface area contributed by atoms with Crippen molar-refractivity contribution in [2.45, 2.75) is 6.54 Å². The van der Waals surface area contributed by atoms with Crippen LogP contribution in [0, 0.1) is 0 Å². The van der Waals surface area contributed by atoms with Crippen LogP contribution in [0.2, 0.25) is 0 Å². The molecule has 1 fully saturated rings. The summed E-state index contributed by atoms with van der Waals surface area (Å²) in [5, 5.41) is 5.01. The Hall–Kier alpha value is -0.960. The Morgan fingerprint density at radius 2 is 1.89 bits per heavy atom. The Labute approximate surface area is 114 Å².